The minimum atomic E-state index is -4.54. The highest BCUT2D eigenvalue weighted by molar-refractivity contribution is 5.81. The molecule has 8 nitrogen and oxygen atoms in total. The molecular formula is C20H26F3N7O. The number of nitrogens with zero attached hydrogens (tertiary/aromatic N) is 5. The number of alkyl halides is 3. The number of halogens is 3. The summed E-state index contributed by atoms with van der Waals surface area (Å²) >= 11 is 0. The summed E-state index contributed by atoms with van der Waals surface area (Å²) in [5, 5.41) is 10.1. The summed E-state index contributed by atoms with van der Waals surface area (Å²) in [4.78, 5) is 22.0. The van der Waals surface area contributed by atoms with Gasteiger partial charge in [-0.25, -0.2) is 4.98 Å². The summed E-state index contributed by atoms with van der Waals surface area (Å²) in [7, 11) is 0. The maximum Gasteiger partial charge on any atom is 0.421 e. The van der Waals surface area contributed by atoms with Crippen LogP contribution < -0.4 is 10.6 Å². The number of amides is 1. The van der Waals surface area contributed by atoms with Crippen molar-refractivity contribution >= 4 is 23.4 Å². The van der Waals surface area contributed by atoms with Crippen LogP contribution in [0.2, 0.25) is 0 Å². The maximum absolute atomic E-state index is 13.2. The van der Waals surface area contributed by atoms with Gasteiger partial charge in [-0.15, -0.1) is 0 Å². The lowest BCUT2D eigenvalue weighted by molar-refractivity contribution is -0.137. The quantitative estimate of drug-likeness (QED) is 0.716. The molecule has 1 saturated heterocycles. The molecule has 0 unspecified atom stereocenters. The van der Waals surface area contributed by atoms with Gasteiger partial charge < -0.3 is 15.5 Å². The molecule has 2 aromatic rings. The third kappa shape index (κ3) is 4.59. The first-order valence-corrected chi connectivity index (χ1v) is 10.6. The normalized spacial score (nSPS) is 17.6. The van der Waals surface area contributed by atoms with Crippen molar-refractivity contribution in [3.05, 3.63) is 23.7 Å². The smallest absolute Gasteiger partial charge is 0.370 e. The first kappa shape index (κ1) is 21.4. The summed E-state index contributed by atoms with van der Waals surface area (Å²) in [6, 6.07) is 0.171. The van der Waals surface area contributed by atoms with Gasteiger partial charge >= 0.3 is 6.18 Å². The number of carbonyl (C=O) groups excluding carboxylic acids is 1. The van der Waals surface area contributed by atoms with Crippen molar-refractivity contribution in [2.75, 3.05) is 30.3 Å². The lowest BCUT2D eigenvalue weighted by Gasteiger charge is -2.32. The standard InChI is InChI=1S/C20H26F3N7O/c1-3-24-17-15(20(21,22)23)10-25-19(28-17)27-16-11-26-30(12(16)2)14-6-8-29(9-7-14)18(31)13-4-5-13/h10-11,13-14H,3-9H2,1-2H3,(H2,24,25,27,28). The first-order valence-electron chi connectivity index (χ1n) is 10.6. The Hall–Kier alpha value is -2.85. The average Bonchev–Trinajstić information content (AvgIpc) is 3.52. The Bertz CT molecular complexity index is 947. The van der Waals surface area contributed by atoms with Crippen LogP contribution in [-0.2, 0) is 11.0 Å². The Morgan fingerprint density at radius 2 is 1.90 bits per heavy atom. The molecule has 2 aromatic heterocycles. The van der Waals surface area contributed by atoms with E-state index in [2.05, 4.69) is 25.7 Å². The topological polar surface area (TPSA) is 88.0 Å². The number of piperidine rings is 1. The molecule has 31 heavy (non-hydrogen) atoms. The molecule has 2 fully saturated rings. The number of hydrogen-bond acceptors (Lipinski definition) is 6. The van der Waals surface area contributed by atoms with Crippen molar-refractivity contribution in [2.45, 2.75) is 51.7 Å². The van der Waals surface area contributed by atoms with Crippen LogP contribution in [0.3, 0.4) is 0 Å². The molecule has 0 radical (unpaired) electrons. The van der Waals surface area contributed by atoms with Crippen LogP contribution >= 0.6 is 0 Å². The molecule has 1 aliphatic heterocycles. The SMILES string of the molecule is CCNc1nc(Nc2cnn(C3CCN(C(=O)C4CC4)CC3)c2C)ncc1C(F)(F)F. The van der Waals surface area contributed by atoms with Crippen LogP contribution in [-0.4, -0.2) is 50.2 Å². The van der Waals surface area contributed by atoms with Gasteiger partial charge in [-0.1, -0.05) is 0 Å². The van der Waals surface area contributed by atoms with Crippen molar-refractivity contribution < 1.29 is 18.0 Å². The summed E-state index contributed by atoms with van der Waals surface area (Å²) in [6.07, 6.45) is 1.53. The molecule has 0 atom stereocenters. The molecule has 0 spiro atoms. The largest absolute Gasteiger partial charge is 0.421 e. The van der Waals surface area contributed by atoms with E-state index in [0.29, 0.717) is 12.2 Å². The number of nitrogens with one attached hydrogen (secondary N) is 2. The Morgan fingerprint density at radius 3 is 2.52 bits per heavy atom. The molecule has 11 heteroatoms. The summed E-state index contributed by atoms with van der Waals surface area (Å²) < 4.78 is 41.4. The van der Waals surface area contributed by atoms with Crippen LogP contribution in [0.15, 0.2) is 12.4 Å². The molecule has 168 valence electrons. The lowest BCUT2D eigenvalue weighted by Crippen LogP contribution is -2.40. The molecule has 1 saturated carbocycles. The van der Waals surface area contributed by atoms with Gasteiger partial charge in [0.2, 0.25) is 11.9 Å². The van der Waals surface area contributed by atoms with Crippen molar-refractivity contribution in [1.29, 1.82) is 0 Å². The molecule has 3 heterocycles. The average molecular weight is 437 g/mol. The van der Waals surface area contributed by atoms with E-state index in [1.807, 2.05) is 16.5 Å². The molecular weight excluding hydrogens is 411 g/mol. The number of aromatic nitrogens is 4. The van der Waals surface area contributed by atoms with E-state index in [1.165, 1.54) is 0 Å². The Kier molecular flexibility index (Phi) is 5.76. The van der Waals surface area contributed by atoms with Crippen LogP contribution in [0.25, 0.3) is 0 Å². The Labute approximate surface area is 178 Å². The zero-order chi connectivity index (χ0) is 22.2. The van der Waals surface area contributed by atoms with Gasteiger partial charge in [-0.05, 0) is 39.5 Å². The number of anilines is 3. The van der Waals surface area contributed by atoms with Crippen LogP contribution in [0.4, 0.5) is 30.6 Å². The maximum atomic E-state index is 13.2. The number of likely N-dealkylation sites (tertiary alicyclic amines) is 1. The van der Waals surface area contributed by atoms with Crippen molar-refractivity contribution in [1.82, 2.24) is 24.6 Å². The highest BCUT2D eigenvalue weighted by Crippen LogP contribution is 2.35. The van der Waals surface area contributed by atoms with Gasteiger partial charge in [0.15, 0.2) is 0 Å². The highest BCUT2D eigenvalue weighted by atomic mass is 19.4. The fourth-order valence-electron chi connectivity index (χ4n) is 3.91. The van der Waals surface area contributed by atoms with Gasteiger partial charge in [0.25, 0.3) is 0 Å². The van der Waals surface area contributed by atoms with E-state index < -0.39 is 11.7 Å². The molecule has 0 bridgehead atoms. The predicted octanol–water partition coefficient (Wildman–Crippen LogP) is 3.75. The molecule has 1 amide bonds. The van der Waals surface area contributed by atoms with Gasteiger partial charge in [-0.3, -0.25) is 9.48 Å². The number of carbonyl (C=O) groups is 1. The fourth-order valence-corrected chi connectivity index (χ4v) is 3.91. The number of rotatable bonds is 6. The molecule has 1 aliphatic carbocycles. The van der Waals surface area contributed by atoms with Gasteiger partial charge in [-0.2, -0.15) is 23.3 Å². The van der Waals surface area contributed by atoms with Crippen LogP contribution in [0.5, 0.6) is 0 Å². The Balaban J connectivity index is 1.45. The van der Waals surface area contributed by atoms with Crippen molar-refractivity contribution in [3.63, 3.8) is 0 Å². The third-order valence-corrected chi connectivity index (χ3v) is 5.78. The summed E-state index contributed by atoms with van der Waals surface area (Å²) in [5.74, 6) is 0.310. The molecule has 2 N–H and O–H groups in total. The van der Waals surface area contributed by atoms with Crippen LogP contribution in [0.1, 0.15) is 49.9 Å². The minimum absolute atomic E-state index is 0.0662. The van der Waals surface area contributed by atoms with Gasteiger partial charge in [0, 0.05) is 31.7 Å². The second kappa shape index (κ2) is 8.35. The van der Waals surface area contributed by atoms with E-state index in [4.69, 9.17) is 0 Å². The van der Waals surface area contributed by atoms with E-state index in [1.54, 1.807) is 13.1 Å². The van der Waals surface area contributed by atoms with Crippen LogP contribution in [0, 0.1) is 12.8 Å². The second-order valence-corrected chi connectivity index (χ2v) is 8.03. The predicted molar refractivity (Wildman–Crippen MR) is 109 cm³/mol. The number of hydrogen-bond donors (Lipinski definition) is 2. The summed E-state index contributed by atoms with van der Waals surface area (Å²) in [5.41, 5.74) is 0.582. The van der Waals surface area contributed by atoms with Gasteiger partial charge in [0.1, 0.15) is 11.4 Å². The summed E-state index contributed by atoms with van der Waals surface area (Å²) in [6.45, 7) is 5.34. The van der Waals surface area contributed by atoms with E-state index in [-0.39, 0.29) is 29.6 Å². The van der Waals surface area contributed by atoms with Crippen molar-refractivity contribution in [3.8, 4) is 0 Å². The molecule has 2 aliphatic rings. The Morgan fingerprint density at radius 1 is 1.19 bits per heavy atom. The third-order valence-electron chi connectivity index (χ3n) is 5.78. The van der Waals surface area contributed by atoms with Crippen molar-refractivity contribution in [2.24, 2.45) is 5.92 Å². The lowest BCUT2D eigenvalue weighted by atomic mass is 10.0. The van der Waals surface area contributed by atoms with E-state index in [0.717, 1.165) is 50.7 Å². The van der Waals surface area contributed by atoms with E-state index >= 15 is 0 Å². The zero-order valence-electron chi connectivity index (χ0n) is 17.5. The molecule has 4 rings (SSSR count). The fraction of sp³-hybridized carbons (Fsp3) is 0.600. The van der Waals surface area contributed by atoms with Gasteiger partial charge in [0.05, 0.1) is 23.6 Å². The molecule has 0 aromatic carbocycles. The highest BCUT2D eigenvalue weighted by Gasteiger charge is 2.36. The second-order valence-electron chi connectivity index (χ2n) is 8.03. The van der Waals surface area contributed by atoms with E-state index in [9.17, 15) is 18.0 Å². The first-order chi connectivity index (χ1) is 14.8. The zero-order valence-corrected chi connectivity index (χ0v) is 17.5. The minimum Gasteiger partial charge on any atom is -0.370 e. The monoisotopic (exact) mass is 437 g/mol.